The van der Waals surface area contributed by atoms with E-state index in [4.69, 9.17) is 0 Å². The average molecular weight is 283 g/mol. The largest absolute Gasteiger partial charge is 0.480 e. The van der Waals surface area contributed by atoms with Crippen LogP contribution in [0, 0.1) is 0 Å². The van der Waals surface area contributed by atoms with Gasteiger partial charge in [0.15, 0.2) is 0 Å². The van der Waals surface area contributed by atoms with Gasteiger partial charge in [0.05, 0.1) is 0 Å². The van der Waals surface area contributed by atoms with Gasteiger partial charge in [-0.05, 0) is 46.2 Å². The van der Waals surface area contributed by atoms with E-state index >= 15 is 0 Å². The van der Waals surface area contributed by atoms with Gasteiger partial charge in [-0.15, -0.1) is 0 Å². The van der Waals surface area contributed by atoms with Gasteiger partial charge in [0, 0.05) is 25.7 Å². The highest BCUT2D eigenvalue weighted by atomic mass is 16.4. The van der Waals surface area contributed by atoms with E-state index in [1.807, 2.05) is 4.90 Å². The molecule has 2 amide bonds. The number of rotatable bonds is 2. The maximum Gasteiger partial charge on any atom is 0.326 e. The molecular weight excluding hydrogens is 258 g/mol. The zero-order valence-electron chi connectivity index (χ0n) is 12.4. The Morgan fingerprint density at radius 3 is 2.25 bits per heavy atom. The zero-order chi connectivity index (χ0) is 14.7. The summed E-state index contributed by atoms with van der Waals surface area (Å²) in [6, 6.07) is -0.201. The summed E-state index contributed by atoms with van der Waals surface area (Å²) in [5.74, 6) is -0.874. The van der Waals surface area contributed by atoms with Crippen molar-refractivity contribution in [3.8, 4) is 0 Å². The fourth-order valence-corrected chi connectivity index (χ4v) is 3.17. The number of piperidine rings is 2. The molecule has 0 spiro atoms. The van der Waals surface area contributed by atoms with Crippen LogP contribution in [0.2, 0.25) is 0 Å². The second-order valence-corrected chi connectivity index (χ2v) is 6.01. The summed E-state index contributed by atoms with van der Waals surface area (Å²) in [6.07, 6.45) is 4.30. The van der Waals surface area contributed by atoms with E-state index in [1.54, 1.807) is 4.90 Å². The summed E-state index contributed by atoms with van der Waals surface area (Å²) in [5.41, 5.74) is 0. The number of hydrogen-bond donors (Lipinski definition) is 1. The van der Waals surface area contributed by atoms with Gasteiger partial charge in [-0.3, -0.25) is 0 Å². The molecule has 0 aromatic heterocycles. The van der Waals surface area contributed by atoms with E-state index in [-0.39, 0.29) is 6.03 Å². The van der Waals surface area contributed by atoms with Crippen molar-refractivity contribution in [2.45, 2.75) is 44.2 Å². The summed E-state index contributed by atoms with van der Waals surface area (Å²) < 4.78 is 0. The van der Waals surface area contributed by atoms with Crippen molar-refractivity contribution >= 4 is 12.0 Å². The molecule has 0 aromatic carbocycles. The van der Waals surface area contributed by atoms with Crippen LogP contribution in [-0.4, -0.2) is 77.6 Å². The zero-order valence-corrected chi connectivity index (χ0v) is 12.4. The molecule has 0 saturated carbocycles. The van der Waals surface area contributed by atoms with Crippen LogP contribution in [0.15, 0.2) is 0 Å². The molecule has 1 atom stereocenters. The van der Waals surface area contributed by atoms with Gasteiger partial charge in [-0.1, -0.05) is 0 Å². The number of aliphatic carboxylic acids is 1. The number of carboxylic acids is 1. The normalized spacial score (nSPS) is 25.1. The molecule has 20 heavy (non-hydrogen) atoms. The van der Waals surface area contributed by atoms with Gasteiger partial charge in [-0.25, -0.2) is 9.59 Å². The standard InChI is InChI=1S/C14H25N3O3/c1-15(2)11-6-9-16(10-7-11)14(20)17-8-4-3-5-12(17)13(18)19/h11-12H,3-10H2,1-2H3,(H,18,19). The molecule has 0 aliphatic carbocycles. The monoisotopic (exact) mass is 283 g/mol. The first-order chi connectivity index (χ1) is 9.50. The molecule has 1 N–H and O–H groups in total. The second-order valence-electron chi connectivity index (χ2n) is 6.01. The lowest BCUT2D eigenvalue weighted by molar-refractivity contribution is -0.143. The summed E-state index contributed by atoms with van der Waals surface area (Å²) in [7, 11) is 4.13. The highest BCUT2D eigenvalue weighted by molar-refractivity contribution is 5.83. The summed E-state index contributed by atoms with van der Waals surface area (Å²) in [6.45, 7) is 2.03. The maximum absolute atomic E-state index is 12.5. The van der Waals surface area contributed by atoms with Crippen LogP contribution in [0.5, 0.6) is 0 Å². The van der Waals surface area contributed by atoms with Crippen LogP contribution in [0.1, 0.15) is 32.1 Å². The van der Waals surface area contributed by atoms with Crippen LogP contribution in [-0.2, 0) is 4.79 Å². The minimum Gasteiger partial charge on any atom is -0.480 e. The summed E-state index contributed by atoms with van der Waals surface area (Å²) in [4.78, 5) is 29.4. The minimum absolute atomic E-state index is 0.0886. The number of likely N-dealkylation sites (tertiary alicyclic amines) is 2. The van der Waals surface area contributed by atoms with Crippen molar-refractivity contribution < 1.29 is 14.7 Å². The molecule has 114 valence electrons. The van der Waals surface area contributed by atoms with Crippen LogP contribution >= 0.6 is 0 Å². The Hall–Kier alpha value is -1.30. The van der Waals surface area contributed by atoms with E-state index in [9.17, 15) is 14.7 Å². The number of hydrogen-bond acceptors (Lipinski definition) is 3. The van der Waals surface area contributed by atoms with Crippen molar-refractivity contribution in [2.24, 2.45) is 0 Å². The average Bonchev–Trinajstić information content (AvgIpc) is 2.46. The van der Waals surface area contributed by atoms with Crippen molar-refractivity contribution in [1.29, 1.82) is 0 Å². The van der Waals surface area contributed by atoms with Crippen molar-refractivity contribution in [3.05, 3.63) is 0 Å². The topological polar surface area (TPSA) is 64.1 Å². The van der Waals surface area contributed by atoms with E-state index in [0.29, 0.717) is 19.0 Å². The Bertz CT molecular complexity index is 365. The fraction of sp³-hybridized carbons (Fsp3) is 0.857. The van der Waals surface area contributed by atoms with E-state index < -0.39 is 12.0 Å². The highest BCUT2D eigenvalue weighted by Gasteiger charge is 2.35. The van der Waals surface area contributed by atoms with Crippen LogP contribution in [0.3, 0.4) is 0 Å². The van der Waals surface area contributed by atoms with Gasteiger partial charge in [-0.2, -0.15) is 0 Å². The van der Waals surface area contributed by atoms with E-state index in [0.717, 1.165) is 38.8 Å². The van der Waals surface area contributed by atoms with Gasteiger partial charge < -0.3 is 19.8 Å². The molecule has 0 bridgehead atoms. The first-order valence-corrected chi connectivity index (χ1v) is 7.45. The molecule has 1 unspecified atom stereocenters. The Balaban J connectivity index is 1.95. The Morgan fingerprint density at radius 1 is 1.05 bits per heavy atom. The number of nitrogens with zero attached hydrogens (tertiary/aromatic N) is 3. The molecule has 0 aromatic rings. The smallest absolute Gasteiger partial charge is 0.326 e. The number of urea groups is 1. The molecular formula is C14H25N3O3. The van der Waals surface area contributed by atoms with Gasteiger partial charge in [0.1, 0.15) is 6.04 Å². The third kappa shape index (κ3) is 3.23. The molecule has 6 nitrogen and oxygen atoms in total. The Kier molecular flexibility index (Phi) is 4.86. The highest BCUT2D eigenvalue weighted by Crippen LogP contribution is 2.21. The maximum atomic E-state index is 12.5. The molecule has 6 heteroatoms. The quantitative estimate of drug-likeness (QED) is 0.823. The summed E-state index contributed by atoms with van der Waals surface area (Å²) >= 11 is 0. The number of carbonyl (C=O) groups excluding carboxylic acids is 1. The molecule has 2 aliphatic rings. The predicted molar refractivity (Wildman–Crippen MR) is 75.7 cm³/mol. The van der Waals surface area contributed by atoms with E-state index in [2.05, 4.69) is 19.0 Å². The first kappa shape index (κ1) is 15.1. The molecule has 2 rings (SSSR count). The van der Waals surface area contributed by atoms with Crippen molar-refractivity contribution in [2.75, 3.05) is 33.7 Å². The first-order valence-electron chi connectivity index (χ1n) is 7.45. The van der Waals surface area contributed by atoms with Crippen LogP contribution in [0.25, 0.3) is 0 Å². The summed E-state index contributed by atoms with van der Waals surface area (Å²) in [5, 5.41) is 9.25. The lowest BCUT2D eigenvalue weighted by Gasteiger charge is -2.40. The Labute approximate surface area is 120 Å². The van der Waals surface area contributed by atoms with Gasteiger partial charge >= 0.3 is 12.0 Å². The van der Waals surface area contributed by atoms with Crippen LogP contribution < -0.4 is 0 Å². The SMILES string of the molecule is CN(C)C1CCN(C(=O)N2CCCCC2C(=O)O)CC1. The Morgan fingerprint density at radius 2 is 1.70 bits per heavy atom. The molecule has 2 aliphatic heterocycles. The van der Waals surface area contributed by atoms with Crippen molar-refractivity contribution in [3.63, 3.8) is 0 Å². The molecule has 0 radical (unpaired) electrons. The van der Waals surface area contributed by atoms with Gasteiger partial charge in [0.25, 0.3) is 0 Å². The van der Waals surface area contributed by atoms with Crippen LogP contribution in [0.4, 0.5) is 4.79 Å². The molecule has 2 saturated heterocycles. The third-order valence-corrected chi connectivity index (χ3v) is 4.50. The fourth-order valence-electron chi connectivity index (χ4n) is 3.17. The molecule has 2 fully saturated rings. The van der Waals surface area contributed by atoms with Gasteiger partial charge in [0.2, 0.25) is 0 Å². The lowest BCUT2D eigenvalue weighted by atomic mass is 10.0. The number of amides is 2. The minimum atomic E-state index is -0.874. The predicted octanol–water partition coefficient (Wildman–Crippen LogP) is 1.07. The van der Waals surface area contributed by atoms with E-state index in [1.165, 1.54) is 0 Å². The third-order valence-electron chi connectivity index (χ3n) is 4.50. The molecule has 2 heterocycles. The second kappa shape index (κ2) is 6.43. The number of carbonyl (C=O) groups is 2. The lowest BCUT2D eigenvalue weighted by Crippen LogP contribution is -2.55. The van der Waals surface area contributed by atoms with Crippen molar-refractivity contribution in [1.82, 2.24) is 14.7 Å². The number of carboxylic acid groups (broad SMARTS) is 1.